The molecule has 3 aromatic rings. The van der Waals surface area contributed by atoms with Crippen LogP contribution in [0, 0.1) is 12.7 Å². The molecule has 0 spiro atoms. The summed E-state index contributed by atoms with van der Waals surface area (Å²) in [5.41, 5.74) is 3.07. The van der Waals surface area contributed by atoms with Crippen LogP contribution in [-0.4, -0.2) is 70.9 Å². The summed E-state index contributed by atoms with van der Waals surface area (Å²) in [4.78, 5) is 27.8. The molecule has 4 heterocycles. The van der Waals surface area contributed by atoms with E-state index < -0.39 is 6.50 Å². The molecule has 194 valence electrons. The van der Waals surface area contributed by atoms with Crippen molar-refractivity contribution in [3.63, 3.8) is 0 Å². The number of aryl methyl sites for hydroxylation is 1. The maximum Gasteiger partial charge on any atom is 0.274 e. The molecule has 5 rings (SSSR count). The quantitative estimate of drug-likeness (QED) is 0.539. The number of pyridine rings is 2. The predicted octanol–water partition coefficient (Wildman–Crippen LogP) is 4.35. The summed E-state index contributed by atoms with van der Waals surface area (Å²) in [6.45, 7) is 4.82. The number of hydrogen-bond acceptors (Lipinski definition) is 6. The number of aromatic nitrogens is 2. The summed E-state index contributed by atoms with van der Waals surface area (Å²) in [6.07, 6.45) is 5.38. The third kappa shape index (κ3) is 6.50. The highest BCUT2D eigenvalue weighted by Crippen LogP contribution is 2.23. The molecule has 0 bridgehead atoms. The van der Waals surface area contributed by atoms with Gasteiger partial charge in [-0.25, -0.2) is 9.37 Å². The Morgan fingerprint density at radius 2 is 1.89 bits per heavy atom. The average Bonchev–Trinajstić information content (AvgIpc) is 3.09. The molecule has 7 nitrogen and oxygen atoms in total. The molecule has 0 radical (unpaired) electrons. The van der Waals surface area contributed by atoms with Crippen LogP contribution in [0.5, 0.6) is 0 Å². The van der Waals surface area contributed by atoms with Crippen LogP contribution in [0.4, 0.5) is 15.9 Å². The van der Waals surface area contributed by atoms with Crippen LogP contribution in [0.15, 0.2) is 60.9 Å². The lowest BCUT2D eigenvalue weighted by Crippen LogP contribution is -2.46. The molecule has 0 saturated carbocycles. The van der Waals surface area contributed by atoms with Gasteiger partial charge in [0.2, 0.25) is 0 Å². The highest BCUT2D eigenvalue weighted by Gasteiger charge is 2.27. The van der Waals surface area contributed by atoms with E-state index in [0.717, 1.165) is 43.6 Å². The molecular weight excluding hydrogens is 467 g/mol. The van der Waals surface area contributed by atoms with Gasteiger partial charge in [-0.1, -0.05) is 12.1 Å². The second-order valence-corrected chi connectivity index (χ2v) is 9.74. The third-order valence-corrected chi connectivity index (χ3v) is 7.23. The molecule has 2 aromatic heterocycles. The summed E-state index contributed by atoms with van der Waals surface area (Å²) in [5, 5.41) is 2.84. The van der Waals surface area contributed by atoms with Gasteiger partial charge in [-0.05, 0) is 86.8 Å². The topological polar surface area (TPSA) is 64.6 Å². The van der Waals surface area contributed by atoms with E-state index in [0.29, 0.717) is 43.3 Å². The SMILES string of the molecule is [2H]C1([2H])CCN(c2cccc(C(=O)Nc3ccncc3)n2)CCN1C1CCN(Cc2ccc(F)cc2C)CC1. The number of amides is 1. The van der Waals surface area contributed by atoms with Gasteiger partial charge in [0.1, 0.15) is 17.3 Å². The van der Waals surface area contributed by atoms with E-state index in [1.807, 2.05) is 30.0 Å². The van der Waals surface area contributed by atoms with Crippen LogP contribution >= 0.6 is 0 Å². The van der Waals surface area contributed by atoms with Crippen molar-refractivity contribution >= 4 is 17.4 Å². The van der Waals surface area contributed by atoms with Crippen LogP contribution in [0.2, 0.25) is 0 Å². The van der Waals surface area contributed by atoms with Gasteiger partial charge < -0.3 is 10.2 Å². The first-order valence-corrected chi connectivity index (χ1v) is 13.0. The molecule has 2 saturated heterocycles. The Balaban J connectivity index is 1.20. The smallest absolute Gasteiger partial charge is 0.274 e. The first kappa shape index (κ1) is 22.8. The summed E-state index contributed by atoms with van der Waals surface area (Å²) in [6, 6.07) is 14.0. The third-order valence-electron chi connectivity index (χ3n) is 7.23. The summed E-state index contributed by atoms with van der Waals surface area (Å²) < 4.78 is 31.2. The largest absolute Gasteiger partial charge is 0.355 e. The van der Waals surface area contributed by atoms with Crippen molar-refractivity contribution in [3.8, 4) is 0 Å². The first-order chi connectivity index (χ1) is 18.8. The molecule has 2 fully saturated rings. The number of anilines is 2. The molecule has 1 aromatic carbocycles. The van der Waals surface area contributed by atoms with Crippen LogP contribution in [0.25, 0.3) is 0 Å². The van der Waals surface area contributed by atoms with E-state index in [9.17, 15) is 9.18 Å². The monoisotopic (exact) mass is 504 g/mol. The number of piperidine rings is 1. The zero-order valence-corrected chi connectivity index (χ0v) is 21.2. The Hall–Kier alpha value is -3.36. The number of carbonyl (C=O) groups is 1. The molecule has 1 N–H and O–H groups in total. The van der Waals surface area contributed by atoms with Crippen molar-refractivity contribution in [1.29, 1.82) is 0 Å². The van der Waals surface area contributed by atoms with Crippen molar-refractivity contribution in [2.24, 2.45) is 0 Å². The molecule has 37 heavy (non-hydrogen) atoms. The molecule has 0 aliphatic carbocycles. The van der Waals surface area contributed by atoms with E-state index >= 15 is 0 Å². The number of halogens is 1. The van der Waals surface area contributed by atoms with Gasteiger partial charge in [-0.15, -0.1) is 0 Å². The lowest BCUT2D eigenvalue weighted by Gasteiger charge is -2.38. The Morgan fingerprint density at radius 1 is 1.08 bits per heavy atom. The van der Waals surface area contributed by atoms with Gasteiger partial charge in [0.05, 0.1) is 0 Å². The average molecular weight is 505 g/mol. The van der Waals surface area contributed by atoms with Crippen molar-refractivity contribution in [1.82, 2.24) is 19.8 Å². The van der Waals surface area contributed by atoms with E-state index in [4.69, 9.17) is 2.74 Å². The van der Waals surface area contributed by atoms with Crippen LogP contribution in [-0.2, 0) is 6.54 Å². The number of carbonyl (C=O) groups excluding carboxylic acids is 1. The Morgan fingerprint density at radius 3 is 2.68 bits per heavy atom. The van der Waals surface area contributed by atoms with E-state index in [-0.39, 0.29) is 17.8 Å². The van der Waals surface area contributed by atoms with Gasteiger partial charge in [0.15, 0.2) is 0 Å². The van der Waals surface area contributed by atoms with Gasteiger partial charge in [-0.2, -0.15) is 0 Å². The van der Waals surface area contributed by atoms with E-state index in [1.165, 1.54) is 6.07 Å². The molecule has 0 atom stereocenters. The fourth-order valence-corrected chi connectivity index (χ4v) is 5.11. The summed E-state index contributed by atoms with van der Waals surface area (Å²) >= 11 is 0. The van der Waals surface area contributed by atoms with Gasteiger partial charge in [-0.3, -0.25) is 19.6 Å². The minimum absolute atomic E-state index is 0.163. The predicted molar refractivity (Wildman–Crippen MR) is 144 cm³/mol. The molecule has 8 heteroatoms. The zero-order valence-electron chi connectivity index (χ0n) is 23.2. The highest BCUT2D eigenvalue weighted by molar-refractivity contribution is 6.03. The van der Waals surface area contributed by atoms with Gasteiger partial charge in [0, 0.05) is 59.5 Å². The number of benzene rings is 1. The number of nitrogens with one attached hydrogen (secondary N) is 1. The van der Waals surface area contributed by atoms with Crippen LogP contribution in [0.3, 0.4) is 0 Å². The minimum atomic E-state index is -1.43. The van der Waals surface area contributed by atoms with Crippen molar-refractivity contribution < 1.29 is 11.9 Å². The molecular formula is C29H35FN6O. The molecule has 0 unspecified atom stereocenters. The highest BCUT2D eigenvalue weighted by atomic mass is 19.1. The normalized spacial score (nSPS) is 20.1. The standard InChI is InChI=1S/C29H35FN6O/c1-22-20-24(30)7-6-23(22)21-34-16-10-26(11-17-34)35-14-3-15-36(19-18-35)28-5-2-4-27(33-28)29(37)32-25-8-12-31-13-9-25/h2,4-9,12-13,20,26H,3,10-11,14-19,21H2,1H3,(H,31,32,37)/i14D2. The van der Waals surface area contributed by atoms with E-state index in [1.54, 1.807) is 36.7 Å². The Bertz CT molecular complexity index is 1290. The minimum Gasteiger partial charge on any atom is -0.355 e. The second kappa shape index (κ2) is 11.8. The van der Waals surface area contributed by atoms with Crippen LogP contribution < -0.4 is 10.2 Å². The molecule has 1 amide bonds. The maximum atomic E-state index is 13.5. The van der Waals surface area contributed by atoms with E-state index in [2.05, 4.69) is 25.1 Å². The van der Waals surface area contributed by atoms with Gasteiger partial charge >= 0.3 is 0 Å². The van der Waals surface area contributed by atoms with Crippen molar-refractivity contribution in [2.75, 3.05) is 49.4 Å². The molecule has 2 aliphatic heterocycles. The fourth-order valence-electron chi connectivity index (χ4n) is 5.11. The van der Waals surface area contributed by atoms with Crippen molar-refractivity contribution in [3.05, 3.63) is 83.6 Å². The first-order valence-electron chi connectivity index (χ1n) is 14.0. The van der Waals surface area contributed by atoms with Gasteiger partial charge in [0.25, 0.3) is 5.91 Å². The Labute approximate surface area is 221 Å². The lowest BCUT2D eigenvalue weighted by atomic mass is 10.0. The summed E-state index contributed by atoms with van der Waals surface area (Å²) in [5.74, 6) is 0.180. The maximum absolute atomic E-state index is 13.5. The lowest BCUT2D eigenvalue weighted by molar-refractivity contribution is 0.102. The number of likely N-dealkylation sites (tertiary alicyclic amines) is 1. The number of nitrogens with zero attached hydrogens (tertiary/aromatic N) is 5. The molecule has 2 aliphatic rings. The van der Waals surface area contributed by atoms with Crippen LogP contribution in [0.1, 0.15) is 43.6 Å². The summed E-state index contributed by atoms with van der Waals surface area (Å²) in [7, 11) is 0. The zero-order chi connectivity index (χ0) is 27.4. The number of rotatable bonds is 6. The second-order valence-electron chi connectivity index (χ2n) is 9.74. The number of hydrogen-bond donors (Lipinski definition) is 1. The fraction of sp³-hybridized carbons (Fsp3) is 0.414. The van der Waals surface area contributed by atoms with Crippen molar-refractivity contribution in [2.45, 2.75) is 38.8 Å². The Kier molecular flexibility index (Phi) is 7.27.